The standard InChI is InChI=1S/C25H32Cl2N2O2/c1-5-7-12-28-25(31)23(6-2)29(16-19-10-11-21(26)22(27)14-19)24(30)15-20-13-17(3)8-9-18(20)4/h8-11,13-14,23H,5-7,12,15-16H2,1-4H3,(H,28,31). The van der Waals surface area contributed by atoms with Crippen molar-refractivity contribution in [2.24, 2.45) is 0 Å². The van der Waals surface area contributed by atoms with Crippen LogP contribution in [0.3, 0.4) is 0 Å². The third-order valence-electron chi connectivity index (χ3n) is 5.40. The fraction of sp³-hybridized carbons (Fsp3) is 0.440. The number of rotatable bonds is 10. The van der Waals surface area contributed by atoms with Crippen molar-refractivity contribution in [2.75, 3.05) is 6.54 Å². The summed E-state index contributed by atoms with van der Waals surface area (Å²) >= 11 is 12.2. The number of benzene rings is 2. The molecule has 0 fully saturated rings. The van der Waals surface area contributed by atoms with E-state index in [1.165, 1.54) is 0 Å². The van der Waals surface area contributed by atoms with Gasteiger partial charge in [-0.05, 0) is 55.5 Å². The average molecular weight is 463 g/mol. The SMILES string of the molecule is CCCCNC(=O)C(CC)N(Cc1ccc(Cl)c(Cl)c1)C(=O)Cc1cc(C)ccc1C. The molecule has 0 saturated heterocycles. The van der Waals surface area contributed by atoms with E-state index < -0.39 is 6.04 Å². The first-order valence-corrected chi connectivity index (χ1v) is 11.6. The Hall–Kier alpha value is -2.04. The minimum atomic E-state index is -0.552. The lowest BCUT2D eigenvalue weighted by atomic mass is 10.0. The summed E-state index contributed by atoms with van der Waals surface area (Å²) in [7, 11) is 0. The normalized spacial score (nSPS) is 11.8. The average Bonchev–Trinajstić information content (AvgIpc) is 2.73. The zero-order chi connectivity index (χ0) is 23.0. The molecule has 0 bridgehead atoms. The lowest BCUT2D eigenvalue weighted by Crippen LogP contribution is -2.49. The molecule has 2 amide bonds. The van der Waals surface area contributed by atoms with Gasteiger partial charge in [0.2, 0.25) is 11.8 Å². The first-order valence-electron chi connectivity index (χ1n) is 10.8. The lowest BCUT2D eigenvalue weighted by molar-refractivity contribution is -0.140. The van der Waals surface area contributed by atoms with Gasteiger partial charge in [-0.2, -0.15) is 0 Å². The van der Waals surface area contributed by atoms with Crippen LogP contribution in [0, 0.1) is 13.8 Å². The smallest absolute Gasteiger partial charge is 0.242 e. The van der Waals surface area contributed by atoms with E-state index in [0.29, 0.717) is 29.6 Å². The fourth-order valence-corrected chi connectivity index (χ4v) is 3.84. The Morgan fingerprint density at radius 1 is 1.03 bits per heavy atom. The molecule has 2 rings (SSSR count). The van der Waals surface area contributed by atoms with Gasteiger partial charge in [-0.15, -0.1) is 0 Å². The van der Waals surface area contributed by atoms with Crippen molar-refractivity contribution < 1.29 is 9.59 Å². The van der Waals surface area contributed by atoms with E-state index in [0.717, 1.165) is 35.1 Å². The molecule has 0 aliphatic carbocycles. The Morgan fingerprint density at radius 3 is 2.42 bits per heavy atom. The molecule has 1 N–H and O–H groups in total. The van der Waals surface area contributed by atoms with Gasteiger partial charge in [-0.1, -0.05) is 73.3 Å². The van der Waals surface area contributed by atoms with Crippen molar-refractivity contribution in [3.63, 3.8) is 0 Å². The summed E-state index contributed by atoms with van der Waals surface area (Å²) in [4.78, 5) is 28.1. The predicted octanol–water partition coefficient (Wildman–Crippen LogP) is 5.88. The van der Waals surface area contributed by atoms with Crippen LogP contribution in [0.1, 0.15) is 55.4 Å². The van der Waals surface area contributed by atoms with Gasteiger partial charge >= 0.3 is 0 Å². The molecule has 0 aliphatic heterocycles. The minimum absolute atomic E-state index is 0.0859. The Labute approximate surface area is 195 Å². The first kappa shape index (κ1) is 25.2. The number of halogens is 2. The van der Waals surface area contributed by atoms with E-state index in [1.54, 1.807) is 17.0 Å². The molecule has 0 spiro atoms. The van der Waals surface area contributed by atoms with E-state index in [-0.39, 0.29) is 18.2 Å². The van der Waals surface area contributed by atoms with Gasteiger partial charge in [-0.25, -0.2) is 0 Å². The van der Waals surface area contributed by atoms with Crippen molar-refractivity contribution >= 4 is 35.0 Å². The van der Waals surface area contributed by atoms with Crippen molar-refractivity contribution in [1.82, 2.24) is 10.2 Å². The first-order chi connectivity index (χ1) is 14.8. The Morgan fingerprint density at radius 2 is 1.77 bits per heavy atom. The second-order valence-electron chi connectivity index (χ2n) is 7.95. The summed E-state index contributed by atoms with van der Waals surface area (Å²) in [5.74, 6) is -0.206. The molecule has 0 aromatic heterocycles. The quantitative estimate of drug-likeness (QED) is 0.448. The van der Waals surface area contributed by atoms with Crippen LogP contribution in [0.15, 0.2) is 36.4 Å². The van der Waals surface area contributed by atoms with Crippen molar-refractivity contribution in [2.45, 2.75) is 66.0 Å². The topological polar surface area (TPSA) is 49.4 Å². The minimum Gasteiger partial charge on any atom is -0.354 e. The van der Waals surface area contributed by atoms with Crippen LogP contribution in [-0.2, 0) is 22.6 Å². The van der Waals surface area contributed by atoms with Crippen LogP contribution in [0.5, 0.6) is 0 Å². The molecular weight excluding hydrogens is 431 g/mol. The summed E-state index contributed by atoms with van der Waals surface area (Å²) in [5, 5.41) is 3.87. The van der Waals surface area contributed by atoms with Crippen LogP contribution >= 0.6 is 23.2 Å². The van der Waals surface area contributed by atoms with Gasteiger partial charge < -0.3 is 10.2 Å². The molecule has 4 nitrogen and oxygen atoms in total. The summed E-state index contributed by atoms with van der Waals surface area (Å²) < 4.78 is 0. The molecular formula is C25H32Cl2N2O2. The molecule has 31 heavy (non-hydrogen) atoms. The van der Waals surface area contributed by atoms with Crippen LogP contribution in [0.25, 0.3) is 0 Å². The summed E-state index contributed by atoms with van der Waals surface area (Å²) in [6.07, 6.45) is 2.67. The number of carbonyl (C=O) groups is 2. The second kappa shape index (κ2) is 12.1. The zero-order valence-corrected chi connectivity index (χ0v) is 20.3. The zero-order valence-electron chi connectivity index (χ0n) is 18.8. The van der Waals surface area contributed by atoms with Gasteiger partial charge in [0, 0.05) is 13.1 Å². The fourth-order valence-electron chi connectivity index (χ4n) is 3.52. The van der Waals surface area contributed by atoms with Gasteiger partial charge in [0.1, 0.15) is 6.04 Å². The van der Waals surface area contributed by atoms with Crippen LogP contribution < -0.4 is 5.32 Å². The molecule has 1 atom stereocenters. The van der Waals surface area contributed by atoms with E-state index in [4.69, 9.17) is 23.2 Å². The van der Waals surface area contributed by atoms with Crippen LogP contribution in [0.2, 0.25) is 10.0 Å². The monoisotopic (exact) mass is 462 g/mol. The largest absolute Gasteiger partial charge is 0.354 e. The molecule has 168 valence electrons. The Bertz CT molecular complexity index is 914. The summed E-state index contributed by atoms with van der Waals surface area (Å²) in [6, 6.07) is 10.9. The highest BCUT2D eigenvalue weighted by molar-refractivity contribution is 6.42. The number of amides is 2. The Balaban J connectivity index is 2.32. The third-order valence-corrected chi connectivity index (χ3v) is 6.14. The number of hydrogen-bond donors (Lipinski definition) is 1. The second-order valence-corrected chi connectivity index (χ2v) is 8.76. The number of carbonyl (C=O) groups excluding carboxylic acids is 2. The highest BCUT2D eigenvalue weighted by atomic mass is 35.5. The molecule has 2 aromatic carbocycles. The summed E-state index contributed by atoms with van der Waals surface area (Å²) in [6.45, 7) is 8.92. The predicted molar refractivity (Wildman–Crippen MR) is 129 cm³/mol. The van der Waals surface area contributed by atoms with Crippen LogP contribution in [-0.4, -0.2) is 29.3 Å². The Kier molecular flexibility index (Phi) is 9.86. The highest BCUT2D eigenvalue weighted by Gasteiger charge is 2.28. The molecule has 0 heterocycles. The number of nitrogens with zero attached hydrogens (tertiary/aromatic N) is 1. The highest BCUT2D eigenvalue weighted by Crippen LogP contribution is 2.24. The van der Waals surface area contributed by atoms with Gasteiger partial charge in [0.05, 0.1) is 16.5 Å². The van der Waals surface area contributed by atoms with E-state index >= 15 is 0 Å². The van der Waals surface area contributed by atoms with Crippen molar-refractivity contribution in [1.29, 1.82) is 0 Å². The van der Waals surface area contributed by atoms with Crippen molar-refractivity contribution in [3.05, 3.63) is 68.7 Å². The number of hydrogen-bond acceptors (Lipinski definition) is 2. The van der Waals surface area contributed by atoms with Crippen molar-refractivity contribution in [3.8, 4) is 0 Å². The number of aryl methyl sites for hydroxylation is 2. The molecule has 0 saturated carbocycles. The maximum Gasteiger partial charge on any atom is 0.242 e. The third kappa shape index (κ3) is 7.26. The van der Waals surface area contributed by atoms with E-state index in [9.17, 15) is 9.59 Å². The maximum atomic E-state index is 13.5. The molecule has 0 aliphatic rings. The molecule has 0 radical (unpaired) electrons. The van der Waals surface area contributed by atoms with Gasteiger partial charge in [-0.3, -0.25) is 9.59 Å². The summed E-state index contributed by atoms with van der Waals surface area (Å²) in [5.41, 5.74) is 3.98. The van der Waals surface area contributed by atoms with Crippen LogP contribution in [0.4, 0.5) is 0 Å². The van der Waals surface area contributed by atoms with E-state index in [2.05, 4.69) is 12.2 Å². The van der Waals surface area contributed by atoms with Gasteiger partial charge in [0.25, 0.3) is 0 Å². The molecule has 1 unspecified atom stereocenters. The number of nitrogens with one attached hydrogen (secondary N) is 1. The van der Waals surface area contributed by atoms with E-state index in [1.807, 2.05) is 45.0 Å². The molecule has 6 heteroatoms. The number of unbranched alkanes of at least 4 members (excludes halogenated alkanes) is 1. The molecule has 2 aromatic rings. The lowest BCUT2D eigenvalue weighted by Gasteiger charge is -2.31. The maximum absolute atomic E-state index is 13.5. The van der Waals surface area contributed by atoms with Gasteiger partial charge in [0.15, 0.2) is 0 Å².